The average Bonchev–Trinajstić information content (AvgIpc) is 2.53. The van der Waals surface area contributed by atoms with Crippen molar-refractivity contribution in [2.75, 3.05) is 11.1 Å². The maximum absolute atomic E-state index is 12.5. The lowest BCUT2D eigenvalue weighted by Gasteiger charge is -2.17. The first-order valence-electron chi connectivity index (χ1n) is 8.08. The summed E-state index contributed by atoms with van der Waals surface area (Å²) in [5, 5.41) is 3.22. The lowest BCUT2D eigenvalue weighted by molar-refractivity contribution is -0.115. The Morgan fingerprint density at radius 1 is 1.29 bits per heavy atom. The molecule has 2 unspecified atom stereocenters. The molecule has 3 N–H and O–H groups in total. The molecule has 2 aromatic rings. The minimum atomic E-state index is -0.323. The van der Waals surface area contributed by atoms with Crippen molar-refractivity contribution in [2.24, 2.45) is 0 Å². The Balaban J connectivity index is 2.09. The van der Waals surface area contributed by atoms with E-state index in [1.54, 1.807) is 6.07 Å². The fourth-order valence-electron chi connectivity index (χ4n) is 2.32. The summed E-state index contributed by atoms with van der Waals surface area (Å²) in [6, 6.07) is 9.64. The van der Waals surface area contributed by atoms with Gasteiger partial charge < -0.3 is 11.1 Å². The Kier molecular flexibility index (Phi) is 6.20. The zero-order chi connectivity index (χ0) is 17.7. The summed E-state index contributed by atoms with van der Waals surface area (Å²) in [6.45, 7) is 8.00. The smallest absolute Gasteiger partial charge is 0.237 e. The molecule has 1 amide bonds. The van der Waals surface area contributed by atoms with Gasteiger partial charge >= 0.3 is 0 Å². The number of carbonyl (C=O) groups is 1. The third-order valence-electron chi connectivity index (χ3n) is 3.87. The fraction of sp³-hybridized carbons (Fsp3) is 0.389. The minimum absolute atomic E-state index is 0.0700. The second kappa shape index (κ2) is 8.15. The van der Waals surface area contributed by atoms with Crippen LogP contribution in [0.2, 0.25) is 0 Å². The molecule has 2 atom stereocenters. The molecule has 128 valence electrons. The predicted octanol–water partition coefficient (Wildman–Crippen LogP) is 4.00. The van der Waals surface area contributed by atoms with Gasteiger partial charge in [-0.15, -0.1) is 0 Å². The molecule has 6 heteroatoms. The molecule has 0 bridgehead atoms. The van der Waals surface area contributed by atoms with Gasteiger partial charge in [-0.25, -0.2) is 9.97 Å². The lowest BCUT2D eigenvalue weighted by Crippen LogP contribution is -2.23. The zero-order valence-corrected chi connectivity index (χ0v) is 15.4. The molecule has 0 saturated carbocycles. The Bertz CT molecular complexity index is 700. The van der Waals surface area contributed by atoms with Crippen LogP contribution < -0.4 is 11.1 Å². The summed E-state index contributed by atoms with van der Waals surface area (Å²) in [5.74, 6) is 0.739. The van der Waals surface area contributed by atoms with Crippen molar-refractivity contribution in [2.45, 2.75) is 50.4 Å². The van der Waals surface area contributed by atoms with Crippen LogP contribution in [0.1, 0.15) is 44.4 Å². The van der Waals surface area contributed by atoms with Gasteiger partial charge in [0.1, 0.15) is 5.82 Å². The van der Waals surface area contributed by atoms with E-state index in [1.807, 2.05) is 32.0 Å². The van der Waals surface area contributed by atoms with Crippen molar-refractivity contribution in [3.05, 3.63) is 41.6 Å². The molecule has 0 radical (unpaired) electrons. The molecule has 0 fully saturated rings. The third-order valence-corrected chi connectivity index (χ3v) is 4.83. The van der Waals surface area contributed by atoms with Crippen molar-refractivity contribution in [3.8, 4) is 0 Å². The zero-order valence-electron chi connectivity index (χ0n) is 14.5. The Labute approximate surface area is 147 Å². The first-order valence-corrected chi connectivity index (χ1v) is 8.96. The highest BCUT2D eigenvalue weighted by Gasteiger charge is 2.18. The topological polar surface area (TPSA) is 80.9 Å². The van der Waals surface area contributed by atoms with E-state index in [2.05, 4.69) is 35.2 Å². The highest BCUT2D eigenvalue weighted by atomic mass is 32.2. The number of nitrogens with one attached hydrogen (secondary N) is 1. The number of rotatable bonds is 6. The number of hydrogen-bond donors (Lipinski definition) is 2. The highest BCUT2D eigenvalue weighted by Crippen LogP contribution is 2.28. The number of aromatic nitrogens is 2. The van der Waals surface area contributed by atoms with Crippen LogP contribution in [0.25, 0.3) is 0 Å². The van der Waals surface area contributed by atoms with Gasteiger partial charge in [-0.2, -0.15) is 0 Å². The molecule has 0 saturated heterocycles. The van der Waals surface area contributed by atoms with Gasteiger partial charge in [0.15, 0.2) is 5.16 Å². The first-order chi connectivity index (χ1) is 11.4. The molecule has 1 aromatic carbocycles. The Morgan fingerprint density at radius 2 is 2.00 bits per heavy atom. The van der Waals surface area contributed by atoms with Crippen LogP contribution in [-0.2, 0) is 4.79 Å². The SMILES string of the molecule is CCC(C)c1ccccc1NC(=O)C(C)Sc1nc(C)cc(N)n1. The molecule has 1 aromatic heterocycles. The number of nitrogens with two attached hydrogens (primary N) is 1. The number of thioether (sulfide) groups is 1. The van der Waals surface area contributed by atoms with Crippen molar-refractivity contribution in [1.29, 1.82) is 0 Å². The molecule has 5 nitrogen and oxygen atoms in total. The van der Waals surface area contributed by atoms with Crippen LogP contribution in [-0.4, -0.2) is 21.1 Å². The van der Waals surface area contributed by atoms with Gasteiger partial charge in [0.05, 0.1) is 5.25 Å². The maximum atomic E-state index is 12.5. The number of carbonyl (C=O) groups excluding carboxylic acids is 1. The van der Waals surface area contributed by atoms with Crippen LogP contribution in [0.4, 0.5) is 11.5 Å². The molecule has 24 heavy (non-hydrogen) atoms. The second-order valence-electron chi connectivity index (χ2n) is 5.86. The van der Waals surface area contributed by atoms with Gasteiger partial charge in [0, 0.05) is 17.4 Å². The summed E-state index contributed by atoms with van der Waals surface area (Å²) in [4.78, 5) is 21.0. The van der Waals surface area contributed by atoms with Gasteiger partial charge in [-0.05, 0) is 37.8 Å². The highest BCUT2D eigenvalue weighted by molar-refractivity contribution is 8.00. The maximum Gasteiger partial charge on any atom is 0.237 e. The monoisotopic (exact) mass is 344 g/mol. The molecule has 0 aliphatic heterocycles. The number of para-hydroxylation sites is 1. The number of aryl methyl sites for hydroxylation is 1. The standard InChI is InChI=1S/C18H24N4OS/c1-5-11(2)14-8-6-7-9-15(14)21-17(23)13(4)24-18-20-12(3)10-16(19)22-18/h6-11,13H,5H2,1-4H3,(H,21,23)(H2,19,20,22). The Hall–Kier alpha value is -2.08. The summed E-state index contributed by atoms with van der Waals surface area (Å²) in [7, 11) is 0. The molecule has 2 rings (SSSR count). The summed E-state index contributed by atoms with van der Waals surface area (Å²) >= 11 is 1.31. The fourth-order valence-corrected chi connectivity index (χ4v) is 3.16. The molecular weight excluding hydrogens is 320 g/mol. The van der Waals surface area contributed by atoms with Crippen LogP contribution in [0, 0.1) is 6.92 Å². The lowest BCUT2D eigenvalue weighted by atomic mass is 9.97. The molecular formula is C18H24N4OS. The number of amides is 1. The van der Waals surface area contributed by atoms with Crippen molar-refractivity contribution in [1.82, 2.24) is 9.97 Å². The number of benzene rings is 1. The van der Waals surface area contributed by atoms with Gasteiger partial charge in [0.2, 0.25) is 5.91 Å². The van der Waals surface area contributed by atoms with E-state index >= 15 is 0 Å². The van der Waals surface area contributed by atoms with Crippen LogP contribution in [0.5, 0.6) is 0 Å². The van der Waals surface area contributed by atoms with Crippen LogP contribution in [0.15, 0.2) is 35.5 Å². The molecule has 1 heterocycles. The van der Waals surface area contributed by atoms with E-state index in [-0.39, 0.29) is 11.2 Å². The number of anilines is 2. The molecule has 0 aliphatic rings. The summed E-state index contributed by atoms with van der Waals surface area (Å²) in [6.07, 6.45) is 1.02. The van der Waals surface area contributed by atoms with Gasteiger partial charge in [0.25, 0.3) is 0 Å². The van der Waals surface area contributed by atoms with Gasteiger partial charge in [-0.1, -0.05) is 43.8 Å². The van der Waals surface area contributed by atoms with E-state index in [0.29, 0.717) is 16.9 Å². The third kappa shape index (κ3) is 4.71. The van der Waals surface area contributed by atoms with Crippen molar-refractivity contribution in [3.63, 3.8) is 0 Å². The minimum Gasteiger partial charge on any atom is -0.384 e. The number of nitrogens with zero attached hydrogens (tertiary/aromatic N) is 2. The van der Waals surface area contributed by atoms with E-state index in [0.717, 1.165) is 23.4 Å². The number of hydrogen-bond acceptors (Lipinski definition) is 5. The van der Waals surface area contributed by atoms with E-state index in [1.165, 1.54) is 11.8 Å². The largest absolute Gasteiger partial charge is 0.384 e. The quantitative estimate of drug-likeness (QED) is 0.611. The average molecular weight is 344 g/mol. The Morgan fingerprint density at radius 3 is 2.67 bits per heavy atom. The van der Waals surface area contributed by atoms with E-state index < -0.39 is 0 Å². The normalized spacial score (nSPS) is 13.3. The second-order valence-corrected chi connectivity index (χ2v) is 7.17. The van der Waals surface area contributed by atoms with Crippen LogP contribution in [0.3, 0.4) is 0 Å². The van der Waals surface area contributed by atoms with Crippen molar-refractivity contribution >= 4 is 29.2 Å². The summed E-state index contributed by atoms with van der Waals surface area (Å²) < 4.78 is 0. The van der Waals surface area contributed by atoms with Crippen LogP contribution >= 0.6 is 11.8 Å². The van der Waals surface area contributed by atoms with E-state index in [9.17, 15) is 4.79 Å². The molecule has 0 aliphatic carbocycles. The van der Waals surface area contributed by atoms with Gasteiger partial charge in [-0.3, -0.25) is 4.79 Å². The summed E-state index contributed by atoms with van der Waals surface area (Å²) in [5.41, 5.74) is 8.55. The van der Waals surface area contributed by atoms with Crippen molar-refractivity contribution < 1.29 is 4.79 Å². The predicted molar refractivity (Wildman–Crippen MR) is 100 cm³/mol. The first kappa shape index (κ1) is 18.3. The number of nitrogen functional groups attached to an aromatic ring is 1. The van der Waals surface area contributed by atoms with E-state index in [4.69, 9.17) is 5.73 Å². The molecule has 0 spiro atoms.